The van der Waals surface area contributed by atoms with Crippen molar-refractivity contribution in [1.82, 2.24) is 9.97 Å². The molecule has 1 aromatic rings. The van der Waals surface area contributed by atoms with Crippen LogP contribution in [-0.4, -0.2) is 37.2 Å². The van der Waals surface area contributed by atoms with Gasteiger partial charge in [0.05, 0.1) is 0 Å². The van der Waals surface area contributed by atoms with Crippen LogP contribution in [0.5, 0.6) is 0 Å². The Morgan fingerprint density at radius 3 is 2.68 bits per heavy atom. The van der Waals surface area contributed by atoms with Gasteiger partial charge in [0.15, 0.2) is 0 Å². The van der Waals surface area contributed by atoms with Crippen LogP contribution >= 0.6 is 0 Å². The van der Waals surface area contributed by atoms with Crippen LogP contribution in [0.2, 0.25) is 0 Å². The van der Waals surface area contributed by atoms with E-state index < -0.39 is 0 Å². The van der Waals surface area contributed by atoms with Gasteiger partial charge in [0.25, 0.3) is 0 Å². The van der Waals surface area contributed by atoms with Crippen molar-refractivity contribution in [2.75, 3.05) is 37.4 Å². The van der Waals surface area contributed by atoms with E-state index in [1.807, 2.05) is 25.1 Å². The first kappa shape index (κ1) is 14.1. The summed E-state index contributed by atoms with van der Waals surface area (Å²) in [5, 5.41) is 3.44. The Morgan fingerprint density at radius 1 is 1.32 bits per heavy atom. The van der Waals surface area contributed by atoms with Crippen LogP contribution in [0.15, 0.2) is 12.3 Å². The van der Waals surface area contributed by atoms with E-state index in [-0.39, 0.29) is 5.41 Å². The topological polar surface area (TPSA) is 67.1 Å². The summed E-state index contributed by atoms with van der Waals surface area (Å²) in [6, 6.07) is 1.92. The molecule has 0 atom stereocenters. The van der Waals surface area contributed by atoms with E-state index in [4.69, 9.17) is 5.73 Å². The van der Waals surface area contributed by atoms with Crippen LogP contribution in [0, 0.1) is 5.41 Å². The first-order chi connectivity index (χ1) is 9.15. The number of aromatic nitrogens is 2. The summed E-state index contributed by atoms with van der Waals surface area (Å²) in [5.41, 5.74) is 6.25. The Morgan fingerprint density at radius 2 is 2.05 bits per heavy atom. The minimum absolute atomic E-state index is 0.251. The SMILES string of the molecule is CN(C)c1nccc(NCC2(CN)CCCCC2)n1. The van der Waals surface area contributed by atoms with Crippen LogP contribution in [0.25, 0.3) is 0 Å². The monoisotopic (exact) mass is 263 g/mol. The van der Waals surface area contributed by atoms with Crippen molar-refractivity contribution in [3.05, 3.63) is 12.3 Å². The van der Waals surface area contributed by atoms with E-state index in [9.17, 15) is 0 Å². The van der Waals surface area contributed by atoms with Gasteiger partial charge in [-0.05, 0) is 30.9 Å². The lowest BCUT2D eigenvalue weighted by molar-refractivity contribution is 0.215. The van der Waals surface area contributed by atoms with E-state index in [0.29, 0.717) is 0 Å². The molecule has 3 N–H and O–H groups in total. The standard InChI is InChI=1S/C14H25N5/c1-19(2)13-16-9-6-12(18-13)17-11-14(10-15)7-4-3-5-8-14/h6,9H,3-5,7-8,10-11,15H2,1-2H3,(H,16,17,18). The van der Waals surface area contributed by atoms with E-state index >= 15 is 0 Å². The number of hydrogen-bond acceptors (Lipinski definition) is 5. The molecule has 5 heteroatoms. The second kappa shape index (κ2) is 6.19. The molecule has 0 saturated heterocycles. The molecule has 1 fully saturated rings. The lowest BCUT2D eigenvalue weighted by atomic mass is 9.74. The highest BCUT2D eigenvalue weighted by molar-refractivity contribution is 5.40. The van der Waals surface area contributed by atoms with Gasteiger partial charge in [0.2, 0.25) is 5.95 Å². The molecule has 0 unspecified atom stereocenters. The van der Waals surface area contributed by atoms with Gasteiger partial charge in [-0.15, -0.1) is 0 Å². The van der Waals surface area contributed by atoms with Crippen LogP contribution in [0.1, 0.15) is 32.1 Å². The number of nitrogens with one attached hydrogen (secondary N) is 1. The quantitative estimate of drug-likeness (QED) is 0.849. The van der Waals surface area contributed by atoms with Gasteiger partial charge in [-0.25, -0.2) is 4.98 Å². The predicted octanol–water partition coefficient (Wildman–Crippen LogP) is 1.86. The highest BCUT2D eigenvalue weighted by Crippen LogP contribution is 2.35. The molecule has 19 heavy (non-hydrogen) atoms. The second-order valence-electron chi connectivity index (χ2n) is 5.75. The highest BCUT2D eigenvalue weighted by Gasteiger charge is 2.30. The van der Waals surface area contributed by atoms with Crippen molar-refractivity contribution in [3.63, 3.8) is 0 Å². The van der Waals surface area contributed by atoms with Crippen molar-refractivity contribution < 1.29 is 0 Å². The molecule has 0 amide bonds. The van der Waals surface area contributed by atoms with E-state index in [1.165, 1.54) is 32.1 Å². The summed E-state index contributed by atoms with van der Waals surface area (Å²) in [7, 11) is 3.89. The minimum Gasteiger partial charge on any atom is -0.369 e. The zero-order valence-electron chi connectivity index (χ0n) is 12.0. The Balaban J connectivity index is 1.99. The highest BCUT2D eigenvalue weighted by atomic mass is 15.2. The fraction of sp³-hybridized carbons (Fsp3) is 0.714. The molecule has 1 heterocycles. The smallest absolute Gasteiger partial charge is 0.226 e. The number of hydrogen-bond donors (Lipinski definition) is 2. The van der Waals surface area contributed by atoms with Crippen LogP contribution in [0.3, 0.4) is 0 Å². The fourth-order valence-corrected chi connectivity index (χ4v) is 2.70. The molecular weight excluding hydrogens is 238 g/mol. The number of nitrogens with two attached hydrogens (primary N) is 1. The minimum atomic E-state index is 0.251. The van der Waals surface area contributed by atoms with Gasteiger partial charge in [0, 0.05) is 26.8 Å². The molecule has 1 aliphatic rings. The largest absolute Gasteiger partial charge is 0.369 e. The Hall–Kier alpha value is -1.36. The van der Waals surface area contributed by atoms with Gasteiger partial charge in [-0.2, -0.15) is 4.98 Å². The molecule has 106 valence electrons. The van der Waals surface area contributed by atoms with Crippen molar-refractivity contribution in [1.29, 1.82) is 0 Å². The Labute approximate surface area is 115 Å². The van der Waals surface area contributed by atoms with Gasteiger partial charge in [-0.3, -0.25) is 0 Å². The average molecular weight is 263 g/mol. The third-order valence-electron chi connectivity index (χ3n) is 4.03. The van der Waals surface area contributed by atoms with E-state index in [1.54, 1.807) is 6.20 Å². The zero-order valence-corrected chi connectivity index (χ0v) is 12.0. The first-order valence-corrected chi connectivity index (χ1v) is 7.10. The van der Waals surface area contributed by atoms with E-state index in [2.05, 4.69) is 15.3 Å². The fourth-order valence-electron chi connectivity index (χ4n) is 2.70. The molecule has 0 radical (unpaired) electrons. The van der Waals surface area contributed by atoms with Crippen molar-refractivity contribution in [2.45, 2.75) is 32.1 Å². The molecule has 0 spiro atoms. The molecule has 0 aliphatic heterocycles. The lowest BCUT2D eigenvalue weighted by Crippen LogP contribution is -2.39. The summed E-state index contributed by atoms with van der Waals surface area (Å²) in [6.45, 7) is 1.67. The van der Waals surface area contributed by atoms with Gasteiger partial charge in [-0.1, -0.05) is 19.3 Å². The molecule has 2 rings (SSSR count). The first-order valence-electron chi connectivity index (χ1n) is 7.10. The maximum atomic E-state index is 6.00. The van der Waals surface area contributed by atoms with E-state index in [0.717, 1.165) is 24.9 Å². The molecule has 5 nitrogen and oxygen atoms in total. The number of nitrogens with zero attached hydrogens (tertiary/aromatic N) is 3. The lowest BCUT2D eigenvalue weighted by Gasteiger charge is -2.36. The number of anilines is 2. The van der Waals surface area contributed by atoms with Crippen molar-refractivity contribution in [2.24, 2.45) is 11.1 Å². The second-order valence-corrected chi connectivity index (χ2v) is 5.75. The van der Waals surface area contributed by atoms with Gasteiger partial charge >= 0.3 is 0 Å². The molecular formula is C14H25N5. The molecule has 1 aromatic heterocycles. The Kier molecular flexibility index (Phi) is 4.58. The molecule has 0 bridgehead atoms. The Bertz CT molecular complexity index is 399. The average Bonchev–Trinajstić information content (AvgIpc) is 2.46. The maximum absolute atomic E-state index is 6.00. The summed E-state index contributed by atoms with van der Waals surface area (Å²) in [6.07, 6.45) is 8.18. The normalized spacial score (nSPS) is 18.1. The van der Waals surface area contributed by atoms with Crippen LogP contribution in [0.4, 0.5) is 11.8 Å². The van der Waals surface area contributed by atoms with Crippen molar-refractivity contribution >= 4 is 11.8 Å². The third-order valence-corrected chi connectivity index (χ3v) is 4.03. The predicted molar refractivity (Wildman–Crippen MR) is 79.4 cm³/mol. The summed E-state index contributed by atoms with van der Waals surface area (Å²) >= 11 is 0. The van der Waals surface area contributed by atoms with Gasteiger partial charge in [0.1, 0.15) is 5.82 Å². The molecule has 1 saturated carbocycles. The maximum Gasteiger partial charge on any atom is 0.226 e. The summed E-state index contributed by atoms with van der Waals surface area (Å²) in [4.78, 5) is 10.6. The van der Waals surface area contributed by atoms with Gasteiger partial charge < -0.3 is 16.0 Å². The summed E-state index contributed by atoms with van der Waals surface area (Å²) < 4.78 is 0. The van der Waals surface area contributed by atoms with Crippen molar-refractivity contribution in [3.8, 4) is 0 Å². The van der Waals surface area contributed by atoms with Crippen LogP contribution < -0.4 is 16.0 Å². The molecule has 0 aromatic carbocycles. The molecule has 1 aliphatic carbocycles. The number of rotatable bonds is 5. The van der Waals surface area contributed by atoms with Crippen LogP contribution in [-0.2, 0) is 0 Å². The third kappa shape index (κ3) is 3.56. The summed E-state index contributed by atoms with van der Waals surface area (Å²) in [5.74, 6) is 1.62. The zero-order chi connectivity index (χ0) is 13.7.